The Bertz CT molecular complexity index is 840. The van der Waals surface area contributed by atoms with Crippen molar-refractivity contribution in [3.63, 3.8) is 0 Å². The zero-order valence-electron chi connectivity index (χ0n) is 13.5. The van der Waals surface area contributed by atoms with Crippen LogP contribution in [0.15, 0.2) is 53.7 Å². The van der Waals surface area contributed by atoms with Crippen LogP contribution in [-0.2, 0) is 0 Å². The fourth-order valence-corrected chi connectivity index (χ4v) is 3.30. The van der Waals surface area contributed by atoms with Crippen molar-refractivity contribution in [2.24, 2.45) is 0 Å². The summed E-state index contributed by atoms with van der Waals surface area (Å²) in [4.78, 5) is 17.1. The van der Waals surface area contributed by atoms with E-state index in [9.17, 15) is 4.79 Å². The zero-order valence-corrected chi connectivity index (χ0v) is 14.3. The Morgan fingerprint density at radius 2 is 1.62 bits per heavy atom. The average molecular weight is 338 g/mol. The summed E-state index contributed by atoms with van der Waals surface area (Å²) in [5, 5.41) is 6.67. The Morgan fingerprint density at radius 3 is 2.17 bits per heavy atom. The zero-order chi connectivity index (χ0) is 17.1. The van der Waals surface area contributed by atoms with E-state index < -0.39 is 5.25 Å². The molecule has 2 aromatic carbocycles. The largest absolute Gasteiger partial charge is 0.368 e. The van der Waals surface area contributed by atoms with Gasteiger partial charge in [-0.15, -0.1) is 5.10 Å². The minimum absolute atomic E-state index is 0.0206. The average Bonchev–Trinajstić information content (AvgIpc) is 2.99. The Morgan fingerprint density at radius 1 is 1.04 bits per heavy atom. The highest BCUT2D eigenvalue weighted by Gasteiger charge is 2.25. The number of nitrogens with one attached hydrogen (secondary N) is 1. The summed E-state index contributed by atoms with van der Waals surface area (Å²) in [6, 6.07) is 15.5. The van der Waals surface area contributed by atoms with Gasteiger partial charge in [-0.3, -0.25) is 4.79 Å². The third-order valence-electron chi connectivity index (χ3n) is 3.66. The number of H-pyrrole nitrogens is 1. The smallest absolute Gasteiger partial charge is 0.216 e. The van der Waals surface area contributed by atoms with Crippen molar-refractivity contribution in [3.05, 3.63) is 70.8 Å². The van der Waals surface area contributed by atoms with Crippen LogP contribution in [0, 0.1) is 13.8 Å². The minimum atomic E-state index is -0.427. The van der Waals surface area contributed by atoms with Crippen LogP contribution >= 0.6 is 11.8 Å². The molecule has 1 aromatic heterocycles. The highest BCUT2D eigenvalue weighted by molar-refractivity contribution is 8.00. The number of hydrogen-bond acceptors (Lipinski definition) is 5. The van der Waals surface area contributed by atoms with Crippen molar-refractivity contribution < 1.29 is 4.79 Å². The predicted molar refractivity (Wildman–Crippen MR) is 96.1 cm³/mol. The molecule has 0 aliphatic carbocycles. The van der Waals surface area contributed by atoms with Gasteiger partial charge in [-0.2, -0.15) is 4.98 Å². The van der Waals surface area contributed by atoms with Crippen molar-refractivity contribution in [3.8, 4) is 0 Å². The summed E-state index contributed by atoms with van der Waals surface area (Å²) in [5.74, 6) is 0.259. The summed E-state index contributed by atoms with van der Waals surface area (Å²) in [6.45, 7) is 4.01. The molecule has 0 spiro atoms. The number of ketones is 1. The van der Waals surface area contributed by atoms with Gasteiger partial charge < -0.3 is 5.73 Å². The minimum Gasteiger partial charge on any atom is -0.368 e. The summed E-state index contributed by atoms with van der Waals surface area (Å²) in [7, 11) is 0. The highest BCUT2D eigenvalue weighted by atomic mass is 32.2. The molecule has 1 atom stereocenters. The van der Waals surface area contributed by atoms with Crippen LogP contribution in [0.5, 0.6) is 0 Å². The first-order valence-electron chi connectivity index (χ1n) is 7.55. The van der Waals surface area contributed by atoms with Crippen LogP contribution in [0.3, 0.4) is 0 Å². The second-order valence-corrected chi connectivity index (χ2v) is 6.71. The first-order valence-corrected chi connectivity index (χ1v) is 8.43. The van der Waals surface area contributed by atoms with Gasteiger partial charge in [0.05, 0.1) is 0 Å². The summed E-state index contributed by atoms with van der Waals surface area (Å²) in [5.41, 5.74) is 9.44. The topological polar surface area (TPSA) is 84.7 Å². The third kappa shape index (κ3) is 3.65. The number of aryl methyl sites for hydroxylation is 2. The lowest BCUT2D eigenvalue weighted by Gasteiger charge is -2.15. The SMILES string of the molecule is Cc1ccc(C(=O)C(Sc2n[nH]c(N)n2)c2ccc(C)cc2)cc1. The molecular formula is C18H18N4OS. The predicted octanol–water partition coefficient (Wildman–Crippen LogP) is 3.72. The molecular weight excluding hydrogens is 320 g/mol. The second-order valence-electron chi connectivity index (χ2n) is 5.64. The van der Waals surface area contributed by atoms with Gasteiger partial charge in [-0.1, -0.05) is 71.4 Å². The van der Waals surface area contributed by atoms with Gasteiger partial charge >= 0.3 is 0 Å². The number of rotatable bonds is 5. The molecule has 3 rings (SSSR count). The van der Waals surface area contributed by atoms with Gasteiger partial charge in [-0.25, -0.2) is 5.10 Å². The molecule has 24 heavy (non-hydrogen) atoms. The lowest BCUT2D eigenvalue weighted by molar-refractivity contribution is 0.0989. The number of nitrogens with two attached hydrogens (primary N) is 1. The normalized spacial score (nSPS) is 12.1. The number of hydrogen-bond donors (Lipinski definition) is 2. The van der Waals surface area contributed by atoms with E-state index in [1.165, 1.54) is 11.8 Å². The molecule has 1 heterocycles. The monoisotopic (exact) mass is 338 g/mol. The first-order chi connectivity index (χ1) is 11.5. The molecule has 3 aromatic rings. The van der Waals surface area contributed by atoms with E-state index in [1.54, 1.807) is 0 Å². The Balaban J connectivity index is 1.95. The fourth-order valence-electron chi connectivity index (χ4n) is 2.30. The Labute approximate surface area is 144 Å². The number of Topliss-reactive ketones (excluding diaryl/α,β-unsaturated/α-hetero) is 1. The fraction of sp³-hybridized carbons (Fsp3) is 0.167. The van der Waals surface area contributed by atoms with Crippen molar-refractivity contribution in [1.82, 2.24) is 15.2 Å². The first kappa shape index (κ1) is 16.3. The number of nitrogens with zero attached hydrogens (tertiary/aromatic N) is 2. The molecule has 0 aliphatic rings. The molecule has 6 heteroatoms. The molecule has 0 radical (unpaired) electrons. The molecule has 0 saturated carbocycles. The molecule has 3 N–H and O–H groups in total. The van der Waals surface area contributed by atoms with Gasteiger partial charge in [0.25, 0.3) is 0 Å². The molecule has 1 unspecified atom stereocenters. The van der Waals surface area contributed by atoms with Gasteiger partial charge in [0.2, 0.25) is 11.1 Å². The van der Waals surface area contributed by atoms with Gasteiger partial charge in [0, 0.05) is 5.56 Å². The number of nitrogen functional groups attached to an aromatic ring is 1. The van der Waals surface area contributed by atoms with E-state index >= 15 is 0 Å². The van der Waals surface area contributed by atoms with Crippen LogP contribution < -0.4 is 5.73 Å². The number of thioether (sulfide) groups is 1. The molecule has 0 bridgehead atoms. The maximum Gasteiger partial charge on any atom is 0.216 e. The van der Waals surface area contributed by atoms with Crippen LogP contribution in [0.2, 0.25) is 0 Å². The molecule has 5 nitrogen and oxygen atoms in total. The Hall–Kier alpha value is -2.60. The van der Waals surface area contributed by atoms with Crippen molar-refractivity contribution >= 4 is 23.5 Å². The molecule has 0 aliphatic heterocycles. The Kier molecular flexibility index (Phi) is 4.66. The summed E-state index contributed by atoms with van der Waals surface area (Å²) < 4.78 is 0. The van der Waals surface area contributed by atoms with Gasteiger partial charge in [-0.05, 0) is 19.4 Å². The number of aromatic amines is 1. The maximum absolute atomic E-state index is 13.0. The summed E-state index contributed by atoms with van der Waals surface area (Å²) in [6.07, 6.45) is 0. The van der Waals surface area contributed by atoms with E-state index in [4.69, 9.17) is 5.73 Å². The van der Waals surface area contributed by atoms with Crippen LogP contribution in [0.4, 0.5) is 5.95 Å². The van der Waals surface area contributed by atoms with Crippen LogP contribution in [-0.4, -0.2) is 21.0 Å². The van der Waals surface area contributed by atoms with E-state index in [1.807, 2.05) is 62.4 Å². The molecule has 0 saturated heterocycles. The standard InChI is InChI=1S/C18H18N4OS/c1-11-3-7-13(8-4-11)15(23)16(14-9-5-12(2)6-10-14)24-18-20-17(19)21-22-18/h3-10,16H,1-2H3,(H3,19,20,21,22). The van der Waals surface area contributed by atoms with Crippen LogP contribution in [0.25, 0.3) is 0 Å². The van der Waals surface area contributed by atoms with Crippen LogP contribution in [0.1, 0.15) is 32.3 Å². The van der Waals surface area contributed by atoms with Gasteiger partial charge in [0.15, 0.2) is 5.78 Å². The molecule has 0 amide bonds. The van der Waals surface area contributed by atoms with Crippen molar-refractivity contribution in [2.45, 2.75) is 24.3 Å². The second kappa shape index (κ2) is 6.88. The van der Waals surface area contributed by atoms with E-state index in [-0.39, 0.29) is 11.7 Å². The number of aromatic nitrogens is 3. The highest BCUT2D eigenvalue weighted by Crippen LogP contribution is 2.36. The van der Waals surface area contributed by atoms with E-state index in [0.29, 0.717) is 10.7 Å². The summed E-state index contributed by atoms with van der Waals surface area (Å²) >= 11 is 1.29. The quantitative estimate of drug-likeness (QED) is 0.547. The van der Waals surface area contributed by atoms with Crippen molar-refractivity contribution in [1.29, 1.82) is 0 Å². The number of carbonyl (C=O) groups is 1. The lowest BCUT2D eigenvalue weighted by Crippen LogP contribution is -2.10. The third-order valence-corrected chi connectivity index (χ3v) is 4.78. The van der Waals surface area contributed by atoms with E-state index in [0.717, 1.165) is 16.7 Å². The lowest BCUT2D eigenvalue weighted by atomic mass is 10.0. The van der Waals surface area contributed by atoms with Gasteiger partial charge in [0.1, 0.15) is 5.25 Å². The number of carbonyl (C=O) groups excluding carboxylic acids is 1. The van der Waals surface area contributed by atoms with Crippen molar-refractivity contribution in [2.75, 3.05) is 5.73 Å². The number of anilines is 1. The number of benzene rings is 2. The maximum atomic E-state index is 13.0. The van der Waals surface area contributed by atoms with E-state index in [2.05, 4.69) is 15.2 Å². The molecule has 122 valence electrons. The molecule has 0 fully saturated rings.